The summed E-state index contributed by atoms with van der Waals surface area (Å²) in [7, 11) is 3.03. The van der Waals surface area contributed by atoms with Crippen LogP contribution in [0.3, 0.4) is 0 Å². The number of hydrogen-bond acceptors (Lipinski definition) is 3. The molecule has 0 saturated carbocycles. The van der Waals surface area contributed by atoms with Crippen LogP contribution in [0, 0.1) is 6.92 Å². The third-order valence-electron chi connectivity index (χ3n) is 1.81. The average molecular weight is 247 g/mol. The molecule has 1 aromatic carbocycles. The summed E-state index contributed by atoms with van der Waals surface area (Å²) in [6, 6.07) is 1.58. The van der Waals surface area contributed by atoms with Crippen molar-refractivity contribution in [1.82, 2.24) is 0 Å². The van der Waals surface area contributed by atoms with E-state index in [2.05, 4.69) is 15.9 Å². The summed E-state index contributed by atoms with van der Waals surface area (Å²) in [6.45, 7) is 1.88. The number of phenols is 1. The zero-order valence-electron chi connectivity index (χ0n) is 7.72. The maximum Gasteiger partial charge on any atom is 0.203 e. The average Bonchev–Trinajstić information content (AvgIpc) is 2.10. The van der Waals surface area contributed by atoms with Gasteiger partial charge in [0.15, 0.2) is 11.5 Å². The molecule has 0 spiro atoms. The van der Waals surface area contributed by atoms with Crippen molar-refractivity contribution in [1.29, 1.82) is 0 Å². The van der Waals surface area contributed by atoms with Gasteiger partial charge in [-0.15, -0.1) is 0 Å². The molecule has 0 fully saturated rings. The Kier molecular flexibility index (Phi) is 3.03. The quantitative estimate of drug-likeness (QED) is 0.872. The van der Waals surface area contributed by atoms with Crippen LogP contribution in [0.25, 0.3) is 0 Å². The number of halogens is 1. The number of methoxy groups -OCH3 is 2. The second-order valence-electron chi connectivity index (χ2n) is 2.57. The molecule has 0 atom stereocenters. The maximum atomic E-state index is 9.49. The van der Waals surface area contributed by atoms with Crippen molar-refractivity contribution < 1.29 is 14.6 Å². The highest BCUT2D eigenvalue weighted by Crippen LogP contribution is 2.42. The van der Waals surface area contributed by atoms with Crippen molar-refractivity contribution in [2.24, 2.45) is 0 Å². The first-order valence-corrected chi connectivity index (χ1v) is 4.51. The van der Waals surface area contributed by atoms with Crippen LogP contribution >= 0.6 is 15.9 Å². The van der Waals surface area contributed by atoms with Crippen LogP contribution in [0.2, 0.25) is 0 Å². The third-order valence-corrected chi connectivity index (χ3v) is 2.63. The minimum Gasteiger partial charge on any atom is -0.504 e. The molecule has 0 radical (unpaired) electrons. The number of aromatic hydroxyl groups is 1. The van der Waals surface area contributed by atoms with Crippen LogP contribution in [0.15, 0.2) is 10.5 Å². The van der Waals surface area contributed by atoms with Gasteiger partial charge < -0.3 is 14.6 Å². The van der Waals surface area contributed by atoms with Gasteiger partial charge in [-0.25, -0.2) is 0 Å². The topological polar surface area (TPSA) is 38.7 Å². The van der Waals surface area contributed by atoms with E-state index in [-0.39, 0.29) is 5.75 Å². The predicted octanol–water partition coefficient (Wildman–Crippen LogP) is 2.48. The standard InChI is InChI=1S/C9H11BrO3/c1-5-6(10)4-7(11)9(13-3)8(5)12-2/h4,11H,1-3H3. The normalized spacial score (nSPS) is 9.85. The van der Waals surface area contributed by atoms with Crippen LogP contribution in [-0.4, -0.2) is 19.3 Å². The van der Waals surface area contributed by atoms with Crippen LogP contribution < -0.4 is 9.47 Å². The zero-order chi connectivity index (χ0) is 10.0. The van der Waals surface area contributed by atoms with E-state index in [0.717, 1.165) is 10.0 Å². The summed E-state index contributed by atoms with van der Waals surface area (Å²) in [6.07, 6.45) is 0. The monoisotopic (exact) mass is 246 g/mol. The molecule has 0 aliphatic carbocycles. The predicted molar refractivity (Wildman–Crippen MR) is 53.6 cm³/mol. The number of ether oxygens (including phenoxy) is 2. The molecule has 0 saturated heterocycles. The van der Waals surface area contributed by atoms with Crippen molar-refractivity contribution in [3.05, 3.63) is 16.1 Å². The van der Waals surface area contributed by atoms with E-state index in [9.17, 15) is 5.11 Å². The van der Waals surface area contributed by atoms with E-state index >= 15 is 0 Å². The highest BCUT2D eigenvalue weighted by atomic mass is 79.9. The van der Waals surface area contributed by atoms with E-state index < -0.39 is 0 Å². The molecule has 13 heavy (non-hydrogen) atoms. The number of phenolic OH excluding ortho intramolecular Hbond substituents is 1. The molecule has 1 aromatic rings. The van der Waals surface area contributed by atoms with Crippen LogP contribution in [0.5, 0.6) is 17.2 Å². The maximum absolute atomic E-state index is 9.49. The van der Waals surface area contributed by atoms with Crippen molar-refractivity contribution in [3.8, 4) is 17.2 Å². The molecule has 0 aliphatic heterocycles. The minimum atomic E-state index is 0.0665. The number of benzene rings is 1. The van der Waals surface area contributed by atoms with Gasteiger partial charge in [-0.05, 0) is 13.0 Å². The summed E-state index contributed by atoms with van der Waals surface area (Å²) >= 11 is 3.31. The molecule has 0 aliphatic rings. The summed E-state index contributed by atoms with van der Waals surface area (Å²) < 4.78 is 10.9. The van der Waals surface area contributed by atoms with Gasteiger partial charge in [0.25, 0.3) is 0 Å². The van der Waals surface area contributed by atoms with Gasteiger partial charge in [-0.2, -0.15) is 0 Å². The van der Waals surface area contributed by atoms with Gasteiger partial charge in [-0.1, -0.05) is 15.9 Å². The fourth-order valence-corrected chi connectivity index (χ4v) is 1.53. The Morgan fingerprint density at radius 3 is 2.23 bits per heavy atom. The van der Waals surface area contributed by atoms with E-state index in [1.807, 2.05) is 6.92 Å². The Hall–Kier alpha value is -0.900. The van der Waals surface area contributed by atoms with Crippen molar-refractivity contribution >= 4 is 15.9 Å². The molecule has 3 nitrogen and oxygen atoms in total. The van der Waals surface area contributed by atoms with Gasteiger partial charge in [0.1, 0.15) is 0 Å². The van der Waals surface area contributed by atoms with Crippen molar-refractivity contribution in [2.45, 2.75) is 6.92 Å². The highest BCUT2D eigenvalue weighted by molar-refractivity contribution is 9.10. The molecule has 0 aromatic heterocycles. The Bertz CT molecular complexity index is 323. The lowest BCUT2D eigenvalue weighted by atomic mass is 10.2. The fraction of sp³-hybridized carbons (Fsp3) is 0.333. The van der Waals surface area contributed by atoms with Gasteiger partial charge >= 0.3 is 0 Å². The van der Waals surface area contributed by atoms with Crippen molar-refractivity contribution in [2.75, 3.05) is 14.2 Å². The molecule has 72 valence electrons. The van der Waals surface area contributed by atoms with E-state index in [0.29, 0.717) is 11.5 Å². The van der Waals surface area contributed by atoms with Crippen molar-refractivity contribution in [3.63, 3.8) is 0 Å². The highest BCUT2D eigenvalue weighted by Gasteiger charge is 2.14. The zero-order valence-corrected chi connectivity index (χ0v) is 9.31. The number of rotatable bonds is 2. The third kappa shape index (κ3) is 1.72. The minimum absolute atomic E-state index is 0.0665. The molecule has 4 heteroatoms. The first-order valence-electron chi connectivity index (χ1n) is 3.71. The van der Waals surface area contributed by atoms with Gasteiger partial charge in [0.2, 0.25) is 5.75 Å². The molecular weight excluding hydrogens is 236 g/mol. The first kappa shape index (κ1) is 10.2. The van der Waals surface area contributed by atoms with E-state index in [1.54, 1.807) is 6.07 Å². The lowest BCUT2D eigenvalue weighted by molar-refractivity contribution is 0.331. The van der Waals surface area contributed by atoms with Gasteiger partial charge in [0, 0.05) is 10.0 Å². The second-order valence-corrected chi connectivity index (χ2v) is 3.42. The Balaban J connectivity index is 3.41. The molecule has 0 unspecified atom stereocenters. The van der Waals surface area contributed by atoms with Gasteiger partial charge in [-0.3, -0.25) is 0 Å². The molecule has 0 heterocycles. The van der Waals surface area contributed by atoms with Gasteiger partial charge in [0.05, 0.1) is 14.2 Å². The molecule has 1 rings (SSSR count). The summed E-state index contributed by atoms with van der Waals surface area (Å²) in [5, 5.41) is 9.49. The summed E-state index contributed by atoms with van der Waals surface area (Å²) in [5.74, 6) is 0.981. The summed E-state index contributed by atoms with van der Waals surface area (Å²) in [5.41, 5.74) is 0.900. The fourth-order valence-electron chi connectivity index (χ4n) is 1.13. The first-order chi connectivity index (χ1) is 6.11. The molecule has 1 N–H and O–H groups in total. The molecule has 0 bridgehead atoms. The lowest BCUT2D eigenvalue weighted by Crippen LogP contribution is -1.94. The largest absolute Gasteiger partial charge is 0.504 e. The Morgan fingerprint density at radius 1 is 1.23 bits per heavy atom. The van der Waals surface area contributed by atoms with Crippen LogP contribution in [-0.2, 0) is 0 Å². The SMILES string of the molecule is COc1c(O)cc(Br)c(C)c1OC. The Morgan fingerprint density at radius 2 is 1.77 bits per heavy atom. The van der Waals surface area contributed by atoms with E-state index in [1.165, 1.54) is 14.2 Å². The van der Waals surface area contributed by atoms with Crippen LogP contribution in [0.1, 0.15) is 5.56 Å². The molecule has 0 amide bonds. The van der Waals surface area contributed by atoms with E-state index in [4.69, 9.17) is 9.47 Å². The van der Waals surface area contributed by atoms with Crippen LogP contribution in [0.4, 0.5) is 0 Å². The lowest BCUT2D eigenvalue weighted by Gasteiger charge is -2.12. The second kappa shape index (κ2) is 3.87. The Labute approximate surface area is 85.4 Å². The number of hydrogen-bond donors (Lipinski definition) is 1. The molecular formula is C9H11BrO3. The summed E-state index contributed by atoms with van der Waals surface area (Å²) in [4.78, 5) is 0. The smallest absolute Gasteiger partial charge is 0.203 e.